The molecule has 0 fully saturated rings. The maximum absolute atomic E-state index is 13.0. The molecule has 0 aromatic rings. The van der Waals surface area contributed by atoms with Crippen LogP contribution in [0.3, 0.4) is 0 Å². The van der Waals surface area contributed by atoms with E-state index in [1.54, 1.807) is 0 Å². The van der Waals surface area contributed by atoms with Crippen molar-refractivity contribution in [3.63, 3.8) is 0 Å². The molecule has 1 unspecified atom stereocenters. The van der Waals surface area contributed by atoms with Crippen molar-refractivity contribution in [2.24, 2.45) is 0 Å². The number of carbonyl (C=O) groups excluding carboxylic acids is 3. The van der Waals surface area contributed by atoms with Crippen molar-refractivity contribution in [3.05, 3.63) is 85.1 Å². The zero-order valence-corrected chi connectivity index (χ0v) is 54.5. The zero-order valence-electron chi connectivity index (χ0n) is 54.5. The SMILES string of the molecule is CC/C=C\C/C=C\C/C=C\C/C=C\C/C=C\C/C=C\C/C=C\CCCCCCCCCC(=O)OCC(COC(=O)CCCCCCCCCCCCCC)OC(=O)CCCCCCCCCCCCCCCCCCCCCCCCC. The van der Waals surface area contributed by atoms with Crippen molar-refractivity contribution in [1.29, 1.82) is 0 Å². The first-order chi connectivity index (χ1) is 40.5. The molecular weight excluding hydrogens is 1010 g/mol. The van der Waals surface area contributed by atoms with Gasteiger partial charge in [-0.3, -0.25) is 14.4 Å². The summed E-state index contributed by atoms with van der Waals surface area (Å²) in [6.07, 6.45) is 93.2. The summed E-state index contributed by atoms with van der Waals surface area (Å²) in [5.74, 6) is -0.865. The number of esters is 3. The molecule has 0 radical (unpaired) electrons. The quantitative estimate of drug-likeness (QED) is 0.0261. The molecule has 0 aliphatic rings. The monoisotopic (exact) mass is 1140 g/mol. The van der Waals surface area contributed by atoms with Gasteiger partial charge in [0, 0.05) is 19.3 Å². The van der Waals surface area contributed by atoms with E-state index in [1.807, 2.05) is 0 Å². The molecule has 0 bridgehead atoms. The Hall–Kier alpha value is -3.41. The second kappa shape index (κ2) is 70.1. The fourth-order valence-corrected chi connectivity index (χ4v) is 10.4. The number of carbonyl (C=O) groups is 3. The van der Waals surface area contributed by atoms with Gasteiger partial charge in [-0.25, -0.2) is 0 Å². The van der Waals surface area contributed by atoms with Crippen LogP contribution in [-0.4, -0.2) is 37.2 Å². The van der Waals surface area contributed by atoms with Gasteiger partial charge in [-0.2, -0.15) is 0 Å². The molecule has 0 aliphatic carbocycles. The molecule has 0 aliphatic heterocycles. The van der Waals surface area contributed by atoms with E-state index < -0.39 is 6.10 Å². The molecule has 0 heterocycles. The minimum absolute atomic E-state index is 0.0746. The summed E-state index contributed by atoms with van der Waals surface area (Å²) >= 11 is 0. The highest BCUT2D eigenvalue weighted by molar-refractivity contribution is 5.71. The Morgan fingerprint density at radius 1 is 0.256 bits per heavy atom. The van der Waals surface area contributed by atoms with E-state index in [4.69, 9.17) is 14.2 Å². The summed E-state index contributed by atoms with van der Waals surface area (Å²) in [6.45, 7) is 6.57. The standard InChI is InChI=1S/C76H134O6/c1-4-7-10-13-16-19-22-25-27-29-31-33-35-36-37-38-39-40-42-43-45-47-49-51-54-57-60-63-66-69-75(78)81-72-73(71-80-74(77)68-65-62-59-56-53-24-21-18-15-12-9-6-3)82-76(79)70-67-64-61-58-55-52-50-48-46-44-41-34-32-30-28-26-23-20-17-14-11-8-5-2/h7,10,16,19,25,27,31,33,36-37,39-40,43,45,73H,4-6,8-9,11-15,17-18,20-24,26,28-30,32,34-35,38,41-42,44,46-72H2,1-3H3/b10-7-,19-16-,27-25-,33-31-,37-36-,40-39-,45-43-. The molecule has 6 nitrogen and oxygen atoms in total. The van der Waals surface area contributed by atoms with Gasteiger partial charge < -0.3 is 14.2 Å². The van der Waals surface area contributed by atoms with E-state index >= 15 is 0 Å². The molecule has 0 rings (SSSR count). The van der Waals surface area contributed by atoms with Crippen molar-refractivity contribution in [2.45, 2.75) is 367 Å². The normalized spacial score (nSPS) is 12.6. The Kier molecular flexibility index (Phi) is 67.2. The number of ether oxygens (including phenoxy) is 3. The first-order valence-electron chi connectivity index (χ1n) is 35.6. The molecule has 0 aromatic carbocycles. The third kappa shape index (κ3) is 67.4. The van der Waals surface area contributed by atoms with Gasteiger partial charge in [-0.05, 0) is 77.0 Å². The number of allylic oxidation sites excluding steroid dienone is 14. The number of rotatable bonds is 65. The maximum atomic E-state index is 13.0. The van der Waals surface area contributed by atoms with Crippen molar-refractivity contribution in [1.82, 2.24) is 0 Å². The molecule has 0 N–H and O–H groups in total. The van der Waals surface area contributed by atoms with Crippen LogP contribution in [0.2, 0.25) is 0 Å². The van der Waals surface area contributed by atoms with Crippen LogP contribution in [0.5, 0.6) is 0 Å². The molecule has 82 heavy (non-hydrogen) atoms. The van der Waals surface area contributed by atoms with E-state index in [9.17, 15) is 14.4 Å². The highest BCUT2D eigenvalue weighted by atomic mass is 16.6. The Balaban J connectivity index is 4.27. The lowest BCUT2D eigenvalue weighted by atomic mass is 10.0. The van der Waals surface area contributed by atoms with E-state index in [-0.39, 0.29) is 31.1 Å². The van der Waals surface area contributed by atoms with Crippen LogP contribution < -0.4 is 0 Å². The Labute approximate surface area is 509 Å². The predicted molar refractivity (Wildman–Crippen MR) is 358 cm³/mol. The van der Waals surface area contributed by atoms with Gasteiger partial charge in [0.05, 0.1) is 0 Å². The van der Waals surface area contributed by atoms with E-state index in [0.29, 0.717) is 19.3 Å². The molecule has 0 amide bonds. The van der Waals surface area contributed by atoms with Gasteiger partial charge in [-0.15, -0.1) is 0 Å². The largest absolute Gasteiger partial charge is 0.462 e. The van der Waals surface area contributed by atoms with Gasteiger partial charge >= 0.3 is 17.9 Å². The second-order valence-corrected chi connectivity index (χ2v) is 23.8. The fourth-order valence-electron chi connectivity index (χ4n) is 10.4. The van der Waals surface area contributed by atoms with Gasteiger partial charge in [0.25, 0.3) is 0 Å². The molecule has 0 aromatic heterocycles. The summed E-state index contributed by atoms with van der Waals surface area (Å²) < 4.78 is 17.0. The first kappa shape index (κ1) is 78.6. The highest BCUT2D eigenvalue weighted by Crippen LogP contribution is 2.18. The molecular formula is C76H134O6. The number of hydrogen-bond donors (Lipinski definition) is 0. The van der Waals surface area contributed by atoms with Crippen LogP contribution in [0.1, 0.15) is 361 Å². The van der Waals surface area contributed by atoms with Crippen LogP contribution in [-0.2, 0) is 28.6 Å². The fraction of sp³-hybridized carbons (Fsp3) is 0.776. The van der Waals surface area contributed by atoms with E-state index in [0.717, 1.165) is 109 Å². The summed E-state index contributed by atoms with van der Waals surface area (Å²) in [4.78, 5) is 38.4. The average Bonchev–Trinajstić information content (AvgIpc) is 3.47. The minimum Gasteiger partial charge on any atom is -0.462 e. The Morgan fingerprint density at radius 3 is 0.744 bits per heavy atom. The van der Waals surface area contributed by atoms with Crippen molar-refractivity contribution < 1.29 is 28.6 Å². The van der Waals surface area contributed by atoms with Crippen molar-refractivity contribution >= 4 is 17.9 Å². The molecule has 0 saturated heterocycles. The zero-order chi connectivity index (χ0) is 59.2. The van der Waals surface area contributed by atoms with Crippen LogP contribution in [0.4, 0.5) is 0 Å². The maximum Gasteiger partial charge on any atom is 0.306 e. The topological polar surface area (TPSA) is 78.9 Å². The first-order valence-corrected chi connectivity index (χ1v) is 35.6. The van der Waals surface area contributed by atoms with E-state index in [1.165, 1.54) is 212 Å². The van der Waals surface area contributed by atoms with Crippen LogP contribution in [0, 0.1) is 0 Å². The smallest absolute Gasteiger partial charge is 0.306 e. The average molecular weight is 1140 g/mol. The third-order valence-electron chi connectivity index (χ3n) is 15.7. The van der Waals surface area contributed by atoms with Crippen molar-refractivity contribution in [2.75, 3.05) is 13.2 Å². The number of hydrogen-bond acceptors (Lipinski definition) is 6. The third-order valence-corrected chi connectivity index (χ3v) is 15.7. The number of unbranched alkanes of at least 4 members (excludes halogenated alkanes) is 40. The lowest BCUT2D eigenvalue weighted by Crippen LogP contribution is -2.30. The van der Waals surface area contributed by atoms with Gasteiger partial charge in [0.2, 0.25) is 0 Å². The lowest BCUT2D eigenvalue weighted by molar-refractivity contribution is -0.167. The predicted octanol–water partition coefficient (Wildman–Crippen LogP) is 24.6. The lowest BCUT2D eigenvalue weighted by Gasteiger charge is -2.18. The van der Waals surface area contributed by atoms with Gasteiger partial charge in [0.15, 0.2) is 6.10 Å². The van der Waals surface area contributed by atoms with Crippen LogP contribution in [0.15, 0.2) is 85.1 Å². The molecule has 474 valence electrons. The van der Waals surface area contributed by atoms with Crippen LogP contribution in [0.25, 0.3) is 0 Å². The molecule has 1 atom stereocenters. The Morgan fingerprint density at radius 2 is 0.476 bits per heavy atom. The molecule has 0 spiro atoms. The highest BCUT2D eigenvalue weighted by Gasteiger charge is 2.19. The molecule has 6 heteroatoms. The van der Waals surface area contributed by atoms with Gasteiger partial charge in [-0.1, -0.05) is 350 Å². The summed E-state index contributed by atoms with van der Waals surface area (Å²) in [5, 5.41) is 0. The summed E-state index contributed by atoms with van der Waals surface area (Å²) in [7, 11) is 0. The van der Waals surface area contributed by atoms with Crippen LogP contribution >= 0.6 is 0 Å². The summed E-state index contributed by atoms with van der Waals surface area (Å²) in [5.41, 5.74) is 0. The minimum atomic E-state index is -0.779. The van der Waals surface area contributed by atoms with E-state index in [2.05, 4.69) is 106 Å². The second-order valence-electron chi connectivity index (χ2n) is 23.8. The van der Waals surface area contributed by atoms with Crippen molar-refractivity contribution in [3.8, 4) is 0 Å². The Bertz CT molecular complexity index is 1550. The van der Waals surface area contributed by atoms with Gasteiger partial charge in [0.1, 0.15) is 13.2 Å². The summed E-state index contributed by atoms with van der Waals surface area (Å²) in [6, 6.07) is 0. The molecule has 0 saturated carbocycles.